The zero-order valence-corrected chi connectivity index (χ0v) is 10.8. The summed E-state index contributed by atoms with van der Waals surface area (Å²) < 4.78 is 0. The van der Waals surface area contributed by atoms with Gasteiger partial charge in [0.25, 0.3) is 0 Å². The van der Waals surface area contributed by atoms with Gasteiger partial charge in [-0.25, -0.2) is 0 Å². The van der Waals surface area contributed by atoms with Crippen LogP contribution in [0.2, 0.25) is 0 Å². The number of carboxylic acids is 1. The SMILES string of the molecule is O=C(O)CCCCCCC1=CC(Br)CC1=O. The van der Waals surface area contributed by atoms with Crippen molar-refractivity contribution in [3.05, 3.63) is 11.6 Å². The molecule has 1 N–H and O–H groups in total. The molecule has 0 radical (unpaired) electrons. The summed E-state index contributed by atoms with van der Waals surface area (Å²) in [6.45, 7) is 0. The van der Waals surface area contributed by atoms with E-state index in [4.69, 9.17) is 5.11 Å². The van der Waals surface area contributed by atoms with Crippen molar-refractivity contribution in [2.45, 2.75) is 49.8 Å². The molecule has 4 heteroatoms. The van der Waals surface area contributed by atoms with Crippen LogP contribution < -0.4 is 0 Å². The largest absolute Gasteiger partial charge is 0.481 e. The number of carboxylic acid groups (broad SMARTS) is 1. The molecular formula is C12H17BrO3. The highest BCUT2D eigenvalue weighted by molar-refractivity contribution is 9.09. The van der Waals surface area contributed by atoms with Gasteiger partial charge in [0.2, 0.25) is 0 Å². The van der Waals surface area contributed by atoms with E-state index >= 15 is 0 Å². The maximum atomic E-state index is 11.4. The van der Waals surface area contributed by atoms with Crippen LogP contribution in [0.15, 0.2) is 11.6 Å². The first-order chi connectivity index (χ1) is 7.59. The lowest BCUT2D eigenvalue weighted by atomic mass is 10.0. The Morgan fingerprint density at radius 3 is 2.62 bits per heavy atom. The van der Waals surface area contributed by atoms with E-state index in [1.54, 1.807) is 0 Å². The van der Waals surface area contributed by atoms with Crippen LogP contribution in [-0.4, -0.2) is 21.7 Å². The average molecular weight is 289 g/mol. The van der Waals surface area contributed by atoms with E-state index < -0.39 is 5.97 Å². The van der Waals surface area contributed by atoms with Crippen molar-refractivity contribution >= 4 is 27.7 Å². The van der Waals surface area contributed by atoms with E-state index in [0.717, 1.165) is 37.7 Å². The zero-order chi connectivity index (χ0) is 12.0. The minimum Gasteiger partial charge on any atom is -0.481 e. The van der Waals surface area contributed by atoms with Crippen LogP contribution in [0.3, 0.4) is 0 Å². The quantitative estimate of drug-likeness (QED) is 0.579. The van der Waals surface area contributed by atoms with Crippen molar-refractivity contribution < 1.29 is 14.7 Å². The third kappa shape index (κ3) is 4.92. The van der Waals surface area contributed by atoms with Crippen LogP contribution >= 0.6 is 15.9 Å². The van der Waals surface area contributed by atoms with Gasteiger partial charge in [0.05, 0.1) is 0 Å². The number of hydrogen-bond acceptors (Lipinski definition) is 2. The number of carbonyl (C=O) groups is 2. The van der Waals surface area contributed by atoms with Crippen molar-refractivity contribution in [3.8, 4) is 0 Å². The highest BCUT2D eigenvalue weighted by Gasteiger charge is 2.20. The molecule has 0 fully saturated rings. The molecule has 3 nitrogen and oxygen atoms in total. The summed E-state index contributed by atoms with van der Waals surface area (Å²) in [6, 6.07) is 0. The number of ketones is 1. The van der Waals surface area contributed by atoms with Gasteiger partial charge in [0.15, 0.2) is 5.78 Å². The van der Waals surface area contributed by atoms with Crippen LogP contribution in [0.4, 0.5) is 0 Å². The van der Waals surface area contributed by atoms with E-state index in [1.807, 2.05) is 6.08 Å². The summed E-state index contributed by atoms with van der Waals surface area (Å²) >= 11 is 3.41. The molecule has 0 amide bonds. The summed E-state index contributed by atoms with van der Waals surface area (Å²) in [5.74, 6) is -0.469. The molecule has 1 unspecified atom stereocenters. The molecular weight excluding hydrogens is 272 g/mol. The average Bonchev–Trinajstić information content (AvgIpc) is 2.50. The Bertz CT molecular complexity index is 297. The number of carbonyl (C=O) groups excluding carboxylic acids is 1. The minimum absolute atomic E-state index is 0.224. The molecule has 1 aliphatic carbocycles. The van der Waals surface area contributed by atoms with E-state index in [-0.39, 0.29) is 17.0 Å². The van der Waals surface area contributed by atoms with E-state index in [9.17, 15) is 9.59 Å². The lowest BCUT2D eigenvalue weighted by Crippen LogP contribution is -1.97. The van der Waals surface area contributed by atoms with Gasteiger partial charge < -0.3 is 5.11 Å². The predicted octanol–water partition coefficient (Wildman–Crippen LogP) is 3.07. The number of rotatable bonds is 7. The number of hydrogen-bond donors (Lipinski definition) is 1. The molecule has 0 bridgehead atoms. The summed E-state index contributed by atoms with van der Waals surface area (Å²) in [5, 5.41) is 8.45. The van der Waals surface area contributed by atoms with E-state index in [1.165, 1.54) is 0 Å². The Kier molecular flexibility index (Phi) is 5.74. The third-order valence-corrected chi connectivity index (χ3v) is 3.30. The fraction of sp³-hybridized carbons (Fsp3) is 0.667. The molecule has 1 atom stereocenters. The van der Waals surface area contributed by atoms with Gasteiger partial charge in [-0.2, -0.15) is 0 Å². The molecule has 0 aliphatic heterocycles. The van der Waals surface area contributed by atoms with Crippen molar-refractivity contribution in [1.29, 1.82) is 0 Å². The highest BCUT2D eigenvalue weighted by atomic mass is 79.9. The van der Waals surface area contributed by atoms with Crippen LogP contribution in [0.1, 0.15) is 44.9 Å². The number of unbranched alkanes of at least 4 members (excludes halogenated alkanes) is 3. The third-order valence-electron chi connectivity index (χ3n) is 2.71. The molecule has 0 aromatic carbocycles. The first kappa shape index (κ1) is 13.4. The molecule has 0 saturated heterocycles. The van der Waals surface area contributed by atoms with Crippen LogP contribution in [-0.2, 0) is 9.59 Å². The number of allylic oxidation sites excluding steroid dienone is 2. The first-order valence-corrected chi connectivity index (χ1v) is 6.61. The second-order valence-electron chi connectivity index (χ2n) is 4.14. The van der Waals surface area contributed by atoms with Crippen LogP contribution in [0, 0.1) is 0 Å². The molecule has 0 spiro atoms. The number of aliphatic carboxylic acids is 1. The van der Waals surface area contributed by atoms with Crippen LogP contribution in [0.5, 0.6) is 0 Å². The second-order valence-corrected chi connectivity index (χ2v) is 5.32. The Hall–Kier alpha value is -0.640. The van der Waals surface area contributed by atoms with Crippen molar-refractivity contribution in [2.24, 2.45) is 0 Å². The number of halogens is 1. The van der Waals surface area contributed by atoms with Gasteiger partial charge in [-0.3, -0.25) is 9.59 Å². The first-order valence-electron chi connectivity index (χ1n) is 5.69. The molecule has 0 heterocycles. The van der Waals surface area contributed by atoms with Gasteiger partial charge in [-0.1, -0.05) is 34.8 Å². The summed E-state index contributed by atoms with van der Waals surface area (Å²) in [4.78, 5) is 21.9. The highest BCUT2D eigenvalue weighted by Crippen LogP contribution is 2.25. The van der Waals surface area contributed by atoms with Crippen molar-refractivity contribution in [1.82, 2.24) is 0 Å². The summed E-state index contributed by atoms with van der Waals surface area (Å²) in [6.07, 6.45) is 7.35. The van der Waals surface area contributed by atoms with E-state index in [0.29, 0.717) is 6.42 Å². The number of alkyl halides is 1. The monoisotopic (exact) mass is 288 g/mol. The maximum Gasteiger partial charge on any atom is 0.303 e. The fourth-order valence-corrected chi connectivity index (χ4v) is 2.46. The van der Waals surface area contributed by atoms with Gasteiger partial charge >= 0.3 is 5.97 Å². The topological polar surface area (TPSA) is 54.4 Å². The van der Waals surface area contributed by atoms with Gasteiger partial charge in [-0.05, 0) is 24.8 Å². The van der Waals surface area contributed by atoms with Crippen LogP contribution in [0.25, 0.3) is 0 Å². The molecule has 90 valence electrons. The van der Waals surface area contributed by atoms with Crippen molar-refractivity contribution in [3.63, 3.8) is 0 Å². The molecule has 1 rings (SSSR count). The second kappa shape index (κ2) is 6.84. The summed E-state index contributed by atoms with van der Waals surface area (Å²) in [7, 11) is 0. The van der Waals surface area contributed by atoms with Crippen molar-refractivity contribution in [2.75, 3.05) is 0 Å². The Labute approximate surface area is 104 Å². The van der Waals surface area contributed by atoms with Gasteiger partial charge in [-0.15, -0.1) is 0 Å². The Balaban J connectivity index is 2.05. The summed E-state index contributed by atoms with van der Waals surface area (Å²) in [5.41, 5.74) is 0.945. The lowest BCUT2D eigenvalue weighted by molar-refractivity contribution is -0.137. The molecule has 0 saturated carbocycles. The standard InChI is InChI=1S/C12H17BrO3/c13-10-7-9(11(14)8-10)5-3-1-2-4-6-12(15)16/h7,10H,1-6,8H2,(H,15,16). The molecule has 1 aliphatic rings. The molecule has 16 heavy (non-hydrogen) atoms. The van der Waals surface area contributed by atoms with E-state index in [2.05, 4.69) is 15.9 Å². The molecule has 0 aromatic heterocycles. The Morgan fingerprint density at radius 2 is 2.06 bits per heavy atom. The molecule has 0 aromatic rings. The normalized spacial score (nSPS) is 19.9. The lowest BCUT2D eigenvalue weighted by Gasteiger charge is -2.00. The van der Waals surface area contributed by atoms with Gasteiger partial charge in [0.1, 0.15) is 0 Å². The minimum atomic E-state index is -0.726. The van der Waals surface area contributed by atoms with Gasteiger partial charge in [0, 0.05) is 17.7 Å². The maximum absolute atomic E-state index is 11.4. The fourth-order valence-electron chi connectivity index (χ4n) is 1.85. The zero-order valence-electron chi connectivity index (χ0n) is 9.25. The predicted molar refractivity (Wildman–Crippen MR) is 65.8 cm³/mol. The Morgan fingerprint density at radius 1 is 1.38 bits per heavy atom. The smallest absolute Gasteiger partial charge is 0.303 e. The number of Topliss-reactive ketones (excluding diaryl/α,β-unsaturated/α-hetero) is 1.